The van der Waals surface area contributed by atoms with Gasteiger partial charge in [0.2, 0.25) is 5.91 Å². The Hall–Kier alpha value is -2.62. The number of carbonyl (C=O) groups excluding carboxylic acids is 1. The van der Waals surface area contributed by atoms with Crippen LogP contribution in [-0.4, -0.2) is 15.9 Å². The monoisotopic (exact) mass is 349 g/mol. The van der Waals surface area contributed by atoms with Gasteiger partial charge in [-0.05, 0) is 47.7 Å². The van der Waals surface area contributed by atoms with Crippen LogP contribution in [0.25, 0.3) is 11.0 Å². The van der Waals surface area contributed by atoms with Gasteiger partial charge in [-0.3, -0.25) is 4.79 Å². The predicted octanol–water partition coefficient (Wildman–Crippen LogP) is 5.38. The van der Waals surface area contributed by atoms with Gasteiger partial charge in [0.15, 0.2) is 0 Å². The van der Waals surface area contributed by atoms with Gasteiger partial charge in [0.1, 0.15) is 5.82 Å². The van der Waals surface area contributed by atoms with Crippen LogP contribution in [0.4, 0.5) is 5.69 Å². The van der Waals surface area contributed by atoms with Gasteiger partial charge in [0, 0.05) is 18.0 Å². The number of hydrogen-bond donors (Lipinski definition) is 2. The van der Waals surface area contributed by atoms with E-state index in [2.05, 4.69) is 67.2 Å². The largest absolute Gasteiger partial charge is 0.342 e. The van der Waals surface area contributed by atoms with Gasteiger partial charge in [-0.25, -0.2) is 4.98 Å². The molecule has 0 unspecified atom stereocenters. The number of aromatic amines is 1. The SMILES string of the molecule is CC(C)c1ccc(NC(=O)CCc2ccc3nc(C(C)C)[nH]c3c2)cc1. The number of aryl methyl sites for hydroxylation is 1. The maximum atomic E-state index is 12.2. The molecule has 136 valence electrons. The molecule has 0 saturated carbocycles. The first-order valence-corrected chi connectivity index (χ1v) is 9.30. The number of rotatable bonds is 6. The quantitative estimate of drug-likeness (QED) is 0.627. The molecule has 4 heteroatoms. The number of anilines is 1. The number of benzene rings is 2. The average Bonchev–Trinajstić information content (AvgIpc) is 3.04. The number of fused-ring (bicyclic) bond motifs is 1. The molecule has 0 aliphatic rings. The number of H-pyrrole nitrogens is 1. The number of hydrogen-bond acceptors (Lipinski definition) is 2. The molecule has 3 aromatic rings. The van der Waals surface area contributed by atoms with Crippen molar-refractivity contribution in [3.05, 3.63) is 59.4 Å². The molecule has 4 nitrogen and oxygen atoms in total. The zero-order chi connectivity index (χ0) is 18.7. The number of nitrogens with zero attached hydrogens (tertiary/aromatic N) is 1. The van der Waals surface area contributed by atoms with Crippen molar-refractivity contribution in [2.75, 3.05) is 5.32 Å². The zero-order valence-electron chi connectivity index (χ0n) is 16.0. The van der Waals surface area contributed by atoms with Gasteiger partial charge in [-0.1, -0.05) is 45.9 Å². The van der Waals surface area contributed by atoms with Crippen LogP contribution in [0.2, 0.25) is 0 Å². The van der Waals surface area contributed by atoms with Gasteiger partial charge in [-0.2, -0.15) is 0 Å². The normalized spacial score (nSPS) is 11.5. The fourth-order valence-corrected chi connectivity index (χ4v) is 2.94. The zero-order valence-corrected chi connectivity index (χ0v) is 16.0. The van der Waals surface area contributed by atoms with Crippen LogP contribution in [0.3, 0.4) is 0 Å². The first kappa shape index (κ1) is 18.2. The molecule has 1 heterocycles. The Bertz CT molecular complexity index is 891. The number of aromatic nitrogens is 2. The fraction of sp³-hybridized carbons (Fsp3) is 0.364. The van der Waals surface area contributed by atoms with Gasteiger partial charge < -0.3 is 10.3 Å². The van der Waals surface area contributed by atoms with Crippen LogP contribution < -0.4 is 5.32 Å². The van der Waals surface area contributed by atoms with Crippen molar-refractivity contribution in [2.24, 2.45) is 0 Å². The van der Waals surface area contributed by atoms with E-state index in [1.807, 2.05) is 18.2 Å². The molecule has 0 radical (unpaired) electrons. The van der Waals surface area contributed by atoms with Crippen molar-refractivity contribution in [1.29, 1.82) is 0 Å². The Morgan fingerprint density at radius 3 is 2.42 bits per heavy atom. The minimum Gasteiger partial charge on any atom is -0.342 e. The topological polar surface area (TPSA) is 57.8 Å². The summed E-state index contributed by atoms with van der Waals surface area (Å²) in [5.74, 6) is 1.90. The van der Waals surface area contributed by atoms with E-state index in [1.165, 1.54) is 5.56 Å². The van der Waals surface area contributed by atoms with E-state index in [0.29, 0.717) is 24.7 Å². The van der Waals surface area contributed by atoms with Gasteiger partial charge >= 0.3 is 0 Å². The molecule has 0 saturated heterocycles. The third-order valence-electron chi connectivity index (χ3n) is 4.61. The Morgan fingerprint density at radius 1 is 1.04 bits per heavy atom. The Kier molecular flexibility index (Phi) is 5.40. The summed E-state index contributed by atoms with van der Waals surface area (Å²) in [6.07, 6.45) is 1.17. The summed E-state index contributed by atoms with van der Waals surface area (Å²) >= 11 is 0. The second-order valence-electron chi connectivity index (χ2n) is 7.45. The number of carbonyl (C=O) groups is 1. The van der Waals surface area contributed by atoms with Crippen molar-refractivity contribution in [1.82, 2.24) is 9.97 Å². The molecule has 2 N–H and O–H groups in total. The van der Waals surface area contributed by atoms with E-state index in [0.717, 1.165) is 28.1 Å². The lowest BCUT2D eigenvalue weighted by atomic mass is 10.0. The van der Waals surface area contributed by atoms with E-state index in [9.17, 15) is 4.79 Å². The first-order chi connectivity index (χ1) is 12.4. The molecule has 0 bridgehead atoms. The highest BCUT2D eigenvalue weighted by Gasteiger charge is 2.08. The molecular formula is C22H27N3O. The third kappa shape index (κ3) is 4.31. The van der Waals surface area contributed by atoms with Gasteiger partial charge in [0.05, 0.1) is 11.0 Å². The molecule has 0 spiro atoms. The summed E-state index contributed by atoms with van der Waals surface area (Å²) in [7, 11) is 0. The fourth-order valence-electron chi connectivity index (χ4n) is 2.94. The molecule has 0 aliphatic carbocycles. The Balaban J connectivity index is 1.59. The lowest BCUT2D eigenvalue weighted by Crippen LogP contribution is -2.12. The van der Waals surface area contributed by atoms with Crippen molar-refractivity contribution in [2.45, 2.75) is 52.4 Å². The first-order valence-electron chi connectivity index (χ1n) is 9.30. The maximum absolute atomic E-state index is 12.2. The third-order valence-corrected chi connectivity index (χ3v) is 4.61. The molecule has 3 rings (SSSR count). The van der Waals surface area contributed by atoms with E-state index in [1.54, 1.807) is 0 Å². The maximum Gasteiger partial charge on any atom is 0.224 e. The van der Waals surface area contributed by atoms with Gasteiger partial charge in [-0.15, -0.1) is 0 Å². The van der Waals surface area contributed by atoms with Crippen molar-refractivity contribution >= 4 is 22.6 Å². The van der Waals surface area contributed by atoms with Crippen LogP contribution in [0.5, 0.6) is 0 Å². The minimum atomic E-state index is 0.0369. The molecule has 0 aliphatic heterocycles. The van der Waals surface area contributed by atoms with E-state index in [-0.39, 0.29) is 5.91 Å². The average molecular weight is 349 g/mol. The van der Waals surface area contributed by atoms with E-state index in [4.69, 9.17) is 0 Å². The molecule has 1 amide bonds. The highest BCUT2D eigenvalue weighted by Crippen LogP contribution is 2.20. The van der Waals surface area contributed by atoms with Crippen LogP contribution >= 0.6 is 0 Å². The standard InChI is InChI=1S/C22H27N3O/c1-14(2)17-7-9-18(10-8-17)23-21(26)12-6-16-5-11-19-20(13-16)25-22(24-19)15(3)4/h5,7-11,13-15H,6,12H2,1-4H3,(H,23,26)(H,24,25). The molecule has 0 atom stereocenters. The highest BCUT2D eigenvalue weighted by molar-refractivity contribution is 5.90. The molecule has 0 fully saturated rings. The minimum absolute atomic E-state index is 0.0369. The van der Waals surface area contributed by atoms with Crippen molar-refractivity contribution in [3.63, 3.8) is 0 Å². The predicted molar refractivity (Wildman–Crippen MR) is 108 cm³/mol. The number of nitrogens with one attached hydrogen (secondary N) is 2. The Labute approximate surface area is 155 Å². The van der Waals surface area contributed by atoms with Crippen LogP contribution in [0.15, 0.2) is 42.5 Å². The molecule has 26 heavy (non-hydrogen) atoms. The van der Waals surface area contributed by atoms with Crippen molar-refractivity contribution in [3.8, 4) is 0 Å². The van der Waals surface area contributed by atoms with Crippen LogP contribution in [0, 0.1) is 0 Å². The second-order valence-corrected chi connectivity index (χ2v) is 7.45. The molecule has 2 aromatic carbocycles. The lowest BCUT2D eigenvalue weighted by molar-refractivity contribution is -0.116. The second kappa shape index (κ2) is 7.73. The summed E-state index contributed by atoms with van der Waals surface area (Å²) < 4.78 is 0. The molecule has 1 aromatic heterocycles. The van der Waals surface area contributed by atoms with E-state index >= 15 is 0 Å². The lowest BCUT2D eigenvalue weighted by Gasteiger charge is -2.08. The summed E-state index contributed by atoms with van der Waals surface area (Å²) in [5, 5.41) is 2.98. The summed E-state index contributed by atoms with van der Waals surface area (Å²) in [6, 6.07) is 14.2. The Morgan fingerprint density at radius 2 is 1.77 bits per heavy atom. The van der Waals surface area contributed by atoms with Crippen LogP contribution in [-0.2, 0) is 11.2 Å². The summed E-state index contributed by atoms with van der Waals surface area (Å²) in [4.78, 5) is 20.2. The molecular weight excluding hydrogens is 322 g/mol. The number of imidazole rings is 1. The smallest absolute Gasteiger partial charge is 0.224 e. The van der Waals surface area contributed by atoms with Crippen LogP contribution in [0.1, 0.15) is 62.9 Å². The number of amides is 1. The van der Waals surface area contributed by atoms with E-state index < -0.39 is 0 Å². The summed E-state index contributed by atoms with van der Waals surface area (Å²) in [5.41, 5.74) is 5.28. The summed E-state index contributed by atoms with van der Waals surface area (Å²) in [6.45, 7) is 8.57. The van der Waals surface area contributed by atoms with Gasteiger partial charge in [0.25, 0.3) is 0 Å². The van der Waals surface area contributed by atoms with Crippen molar-refractivity contribution < 1.29 is 4.79 Å². The highest BCUT2D eigenvalue weighted by atomic mass is 16.1.